The van der Waals surface area contributed by atoms with Gasteiger partial charge in [0.25, 0.3) is 0 Å². The van der Waals surface area contributed by atoms with Gasteiger partial charge in [-0.15, -0.1) is 0 Å². The van der Waals surface area contributed by atoms with Crippen LogP contribution >= 0.6 is 0 Å². The number of nitrogens with zero attached hydrogens (tertiary/aromatic N) is 2. The van der Waals surface area contributed by atoms with Gasteiger partial charge in [0.15, 0.2) is 0 Å². The van der Waals surface area contributed by atoms with Gasteiger partial charge in [-0.1, -0.05) is 0 Å². The van der Waals surface area contributed by atoms with Crippen LogP contribution in [-0.2, 0) is 0 Å². The highest BCUT2D eigenvalue weighted by atomic mass is 16.3. The van der Waals surface area contributed by atoms with Crippen molar-refractivity contribution < 1.29 is 5.11 Å². The number of hydrogen-bond acceptors (Lipinski definition) is 3. The fraction of sp³-hybridized carbons (Fsp3) is 1.00. The zero-order chi connectivity index (χ0) is 8.27. The van der Waals surface area contributed by atoms with Gasteiger partial charge in [0.2, 0.25) is 0 Å². The van der Waals surface area contributed by atoms with E-state index in [9.17, 15) is 0 Å². The first-order chi connectivity index (χ1) is 5.24. The number of rotatable bonds is 2. The summed E-state index contributed by atoms with van der Waals surface area (Å²) >= 11 is 0. The molecule has 3 heteroatoms. The molecular formula is C8H18N2O. The summed E-state index contributed by atoms with van der Waals surface area (Å²) in [5, 5.41) is 8.87. The van der Waals surface area contributed by atoms with Crippen molar-refractivity contribution in [1.29, 1.82) is 0 Å². The van der Waals surface area contributed by atoms with Crippen LogP contribution in [0.1, 0.15) is 12.8 Å². The van der Waals surface area contributed by atoms with Gasteiger partial charge in [-0.05, 0) is 40.0 Å². The number of aliphatic hydroxyl groups is 1. The first kappa shape index (κ1) is 8.97. The van der Waals surface area contributed by atoms with Gasteiger partial charge in [-0.3, -0.25) is 4.90 Å². The summed E-state index contributed by atoms with van der Waals surface area (Å²) in [4.78, 5) is 4.36. The van der Waals surface area contributed by atoms with Gasteiger partial charge >= 0.3 is 0 Å². The van der Waals surface area contributed by atoms with Gasteiger partial charge < -0.3 is 10.0 Å². The van der Waals surface area contributed by atoms with Crippen LogP contribution < -0.4 is 0 Å². The Morgan fingerprint density at radius 2 is 2.00 bits per heavy atom. The van der Waals surface area contributed by atoms with Crippen molar-refractivity contribution in [3.05, 3.63) is 0 Å². The standard InChI is InChI=1S/C8H18N2O/c1-9-5-3-8(4-6-9)10(2)7-11/h8,11H,3-7H2,1-2H3. The second-order valence-electron chi connectivity index (χ2n) is 3.43. The van der Waals surface area contributed by atoms with Crippen LogP contribution in [0.15, 0.2) is 0 Å². The summed E-state index contributed by atoms with van der Waals surface area (Å²) in [6.45, 7) is 2.51. The van der Waals surface area contributed by atoms with E-state index in [4.69, 9.17) is 5.11 Å². The van der Waals surface area contributed by atoms with E-state index in [1.54, 1.807) is 0 Å². The molecule has 0 aliphatic carbocycles. The zero-order valence-corrected chi connectivity index (χ0v) is 7.45. The molecule has 0 saturated carbocycles. The lowest BCUT2D eigenvalue weighted by Gasteiger charge is -2.33. The molecule has 66 valence electrons. The molecule has 1 aliphatic rings. The molecule has 1 heterocycles. The highest BCUT2D eigenvalue weighted by Gasteiger charge is 2.19. The van der Waals surface area contributed by atoms with Gasteiger partial charge in [0.1, 0.15) is 0 Å². The Morgan fingerprint density at radius 1 is 1.45 bits per heavy atom. The predicted molar refractivity (Wildman–Crippen MR) is 45.4 cm³/mol. The van der Waals surface area contributed by atoms with Crippen LogP contribution in [0.4, 0.5) is 0 Å². The third kappa shape index (κ3) is 2.43. The SMILES string of the molecule is CN1CCC(N(C)CO)CC1. The lowest BCUT2D eigenvalue weighted by molar-refractivity contribution is 0.0615. The molecule has 0 radical (unpaired) electrons. The van der Waals surface area contributed by atoms with Crippen molar-refractivity contribution in [2.75, 3.05) is 33.9 Å². The quantitative estimate of drug-likeness (QED) is 0.571. The number of aliphatic hydroxyl groups excluding tert-OH is 1. The molecular weight excluding hydrogens is 140 g/mol. The summed E-state index contributed by atoms with van der Waals surface area (Å²) in [6, 6.07) is 0.594. The molecule has 1 aliphatic heterocycles. The molecule has 0 amide bonds. The minimum absolute atomic E-state index is 0.189. The largest absolute Gasteiger partial charge is 0.381 e. The molecule has 0 bridgehead atoms. The van der Waals surface area contributed by atoms with Crippen LogP contribution in [0.25, 0.3) is 0 Å². The second kappa shape index (κ2) is 4.04. The molecule has 0 unspecified atom stereocenters. The molecule has 0 spiro atoms. The minimum Gasteiger partial charge on any atom is -0.381 e. The fourth-order valence-corrected chi connectivity index (χ4v) is 1.55. The molecule has 0 aromatic heterocycles. The maximum absolute atomic E-state index is 8.87. The third-order valence-corrected chi connectivity index (χ3v) is 2.53. The fourth-order valence-electron chi connectivity index (χ4n) is 1.55. The van der Waals surface area contributed by atoms with Crippen LogP contribution in [0.3, 0.4) is 0 Å². The van der Waals surface area contributed by atoms with Crippen LogP contribution in [0.2, 0.25) is 0 Å². The van der Waals surface area contributed by atoms with Gasteiger partial charge in [0, 0.05) is 6.04 Å². The van der Waals surface area contributed by atoms with E-state index in [0.717, 1.165) is 13.1 Å². The summed E-state index contributed by atoms with van der Waals surface area (Å²) in [7, 11) is 4.13. The Morgan fingerprint density at radius 3 is 2.45 bits per heavy atom. The Kier molecular flexibility index (Phi) is 3.30. The van der Waals surface area contributed by atoms with Crippen molar-refractivity contribution in [2.24, 2.45) is 0 Å². The smallest absolute Gasteiger partial charge is 0.0956 e. The number of hydrogen-bond donors (Lipinski definition) is 1. The van der Waals surface area contributed by atoms with Crippen molar-refractivity contribution in [3.63, 3.8) is 0 Å². The first-order valence-corrected chi connectivity index (χ1v) is 4.23. The lowest BCUT2D eigenvalue weighted by Crippen LogP contribution is -2.42. The Hall–Kier alpha value is -0.120. The average molecular weight is 158 g/mol. The molecule has 0 atom stereocenters. The highest BCUT2D eigenvalue weighted by Crippen LogP contribution is 2.12. The Bertz CT molecular complexity index is 111. The molecule has 1 saturated heterocycles. The van der Waals surface area contributed by atoms with Crippen LogP contribution in [0, 0.1) is 0 Å². The van der Waals surface area contributed by atoms with E-state index < -0.39 is 0 Å². The van der Waals surface area contributed by atoms with E-state index in [-0.39, 0.29) is 6.73 Å². The first-order valence-electron chi connectivity index (χ1n) is 4.23. The zero-order valence-electron chi connectivity index (χ0n) is 7.45. The van der Waals surface area contributed by atoms with Crippen LogP contribution in [0.5, 0.6) is 0 Å². The minimum atomic E-state index is 0.189. The normalized spacial score (nSPS) is 22.9. The maximum atomic E-state index is 8.87. The maximum Gasteiger partial charge on any atom is 0.0956 e. The van der Waals surface area contributed by atoms with Crippen molar-refractivity contribution >= 4 is 0 Å². The summed E-state index contributed by atoms with van der Waals surface area (Å²) in [5.74, 6) is 0. The van der Waals surface area contributed by atoms with Gasteiger partial charge in [0.05, 0.1) is 6.73 Å². The third-order valence-electron chi connectivity index (χ3n) is 2.53. The van der Waals surface area contributed by atoms with Crippen molar-refractivity contribution in [1.82, 2.24) is 9.80 Å². The molecule has 0 aromatic carbocycles. The molecule has 3 nitrogen and oxygen atoms in total. The van der Waals surface area contributed by atoms with Gasteiger partial charge in [-0.25, -0.2) is 0 Å². The van der Waals surface area contributed by atoms with Crippen LogP contribution in [-0.4, -0.2) is 54.9 Å². The van der Waals surface area contributed by atoms with E-state index in [1.165, 1.54) is 12.8 Å². The molecule has 1 N–H and O–H groups in total. The Labute approximate surface area is 68.6 Å². The Balaban J connectivity index is 2.27. The van der Waals surface area contributed by atoms with E-state index in [0.29, 0.717) is 6.04 Å². The van der Waals surface area contributed by atoms with Gasteiger partial charge in [-0.2, -0.15) is 0 Å². The predicted octanol–water partition coefficient (Wildman–Crippen LogP) is -0.0378. The van der Waals surface area contributed by atoms with Crippen molar-refractivity contribution in [3.8, 4) is 0 Å². The summed E-state index contributed by atoms with van der Waals surface area (Å²) in [6.07, 6.45) is 2.38. The monoisotopic (exact) mass is 158 g/mol. The van der Waals surface area contributed by atoms with E-state index in [2.05, 4.69) is 11.9 Å². The second-order valence-corrected chi connectivity index (χ2v) is 3.43. The summed E-state index contributed by atoms with van der Waals surface area (Å²) in [5.41, 5.74) is 0. The molecule has 11 heavy (non-hydrogen) atoms. The van der Waals surface area contributed by atoms with E-state index in [1.807, 2.05) is 11.9 Å². The molecule has 0 aromatic rings. The summed E-state index contributed by atoms with van der Waals surface area (Å²) < 4.78 is 0. The number of piperidine rings is 1. The number of likely N-dealkylation sites (tertiary alicyclic amines) is 1. The topological polar surface area (TPSA) is 26.7 Å². The lowest BCUT2D eigenvalue weighted by atomic mass is 10.1. The molecule has 1 fully saturated rings. The highest BCUT2D eigenvalue weighted by molar-refractivity contribution is 4.75. The molecule has 1 rings (SSSR count). The van der Waals surface area contributed by atoms with E-state index >= 15 is 0 Å². The van der Waals surface area contributed by atoms with Crippen molar-refractivity contribution in [2.45, 2.75) is 18.9 Å². The average Bonchev–Trinajstić information content (AvgIpc) is 2.05.